The zero-order chi connectivity index (χ0) is 12.3. The van der Waals surface area contributed by atoms with Crippen LogP contribution in [0.4, 0.5) is 5.69 Å². The first-order chi connectivity index (χ1) is 8.22. The van der Waals surface area contributed by atoms with E-state index in [1.54, 1.807) is 12.1 Å². The van der Waals surface area contributed by atoms with Gasteiger partial charge in [0.15, 0.2) is 0 Å². The van der Waals surface area contributed by atoms with E-state index >= 15 is 0 Å². The lowest BCUT2D eigenvalue weighted by Crippen LogP contribution is -2.38. The third kappa shape index (κ3) is 2.75. The fourth-order valence-electron chi connectivity index (χ4n) is 2.12. The Balaban J connectivity index is 2.24. The van der Waals surface area contributed by atoms with Gasteiger partial charge in [0, 0.05) is 24.1 Å². The van der Waals surface area contributed by atoms with Crippen LogP contribution in [0.15, 0.2) is 24.3 Å². The summed E-state index contributed by atoms with van der Waals surface area (Å²) in [6, 6.07) is 7.28. The van der Waals surface area contributed by atoms with Gasteiger partial charge in [-0.15, -0.1) is 0 Å². The van der Waals surface area contributed by atoms with Gasteiger partial charge in [0.05, 0.1) is 11.3 Å². The minimum absolute atomic E-state index is 0.411. The molecule has 0 bridgehead atoms. The topological polar surface area (TPSA) is 40.5 Å². The second-order valence-electron chi connectivity index (χ2n) is 4.17. The molecule has 1 fully saturated rings. The van der Waals surface area contributed by atoms with Crippen molar-refractivity contribution < 1.29 is 9.90 Å². The minimum Gasteiger partial charge on any atom is -0.478 e. The van der Waals surface area contributed by atoms with Crippen molar-refractivity contribution in [3.63, 3.8) is 0 Å². The van der Waals surface area contributed by atoms with E-state index < -0.39 is 5.97 Å². The maximum absolute atomic E-state index is 11.2. The molecule has 3 nitrogen and oxygen atoms in total. The van der Waals surface area contributed by atoms with Crippen LogP contribution in [0, 0.1) is 0 Å². The lowest BCUT2D eigenvalue weighted by Gasteiger charge is -2.34. The number of carboxylic acid groups (broad SMARTS) is 1. The van der Waals surface area contributed by atoms with Crippen LogP contribution in [0.2, 0.25) is 0 Å². The third-order valence-corrected chi connectivity index (χ3v) is 4.44. The van der Waals surface area contributed by atoms with E-state index in [1.165, 1.54) is 0 Å². The Bertz CT molecular complexity index is 408. The van der Waals surface area contributed by atoms with Crippen molar-refractivity contribution in [2.75, 3.05) is 23.7 Å². The highest BCUT2D eigenvalue weighted by atomic mass is 32.2. The quantitative estimate of drug-likeness (QED) is 0.896. The molecule has 0 amide bonds. The summed E-state index contributed by atoms with van der Waals surface area (Å²) < 4.78 is 0. The molecule has 1 aromatic rings. The van der Waals surface area contributed by atoms with Crippen LogP contribution >= 0.6 is 11.8 Å². The Morgan fingerprint density at radius 2 is 2.29 bits per heavy atom. The average molecular weight is 251 g/mol. The fourth-order valence-corrected chi connectivity index (χ4v) is 3.30. The Morgan fingerprint density at radius 3 is 3.00 bits per heavy atom. The lowest BCUT2D eigenvalue weighted by molar-refractivity contribution is 0.0697. The van der Waals surface area contributed by atoms with Crippen molar-refractivity contribution in [2.45, 2.75) is 18.6 Å². The van der Waals surface area contributed by atoms with Crippen molar-refractivity contribution in [3.05, 3.63) is 29.8 Å². The number of hydrogen-bond acceptors (Lipinski definition) is 3. The first-order valence-corrected chi connectivity index (χ1v) is 6.96. The van der Waals surface area contributed by atoms with Gasteiger partial charge in [-0.05, 0) is 18.6 Å². The summed E-state index contributed by atoms with van der Waals surface area (Å²) in [7, 11) is 0. The molecule has 0 aromatic heterocycles. The van der Waals surface area contributed by atoms with Crippen molar-refractivity contribution >= 4 is 23.4 Å². The van der Waals surface area contributed by atoms with E-state index in [4.69, 9.17) is 0 Å². The van der Waals surface area contributed by atoms with Crippen LogP contribution < -0.4 is 4.90 Å². The van der Waals surface area contributed by atoms with Gasteiger partial charge in [-0.1, -0.05) is 19.1 Å². The normalized spacial score (nSPS) is 20.3. The molecule has 1 heterocycles. The van der Waals surface area contributed by atoms with E-state index in [0.717, 1.165) is 31.0 Å². The number of benzene rings is 1. The molecule has 0 aliphatic carbocycles. The molecule has 0 radical (unpaired) electrons. The van der Waals surface area contributed by atoms with Crippen LogP contribution in [-0.4, -0.2) is 35.2 Å². The van der Waals surface area contributed by atoms with Gasteiger partial charge < -0.3 is 10.0 Å². The number of carboxylic acids is 1. The Morgan fingerprint density at radius 1 is 1.53 bits per heavy atom. The number of para-hydroxylation sites is 1. The largest absolute Gasteiger partial charge is 0.478 e. The number of carbonyl (C=O) groups is 1. The summed E-state index contributed by atoms with van der Waals surface area (Å²) in [5.41, 5.74) is 1.27. The predicted octanol–water partition coefficient (Wildman–Crippen LogP) is 2.72. The standard InChI is InChI=1S/C13H17NO2S/c1-2-10-9-14(7-8-17-10)12-6-4-3-5-11(12)13(15)16/h3-6,10H,2,7-9H2,1H3,(H,15,16). The number of anilines is 1. The van der Waals surface area contributed by atoms with Gasteiger partial charge in [-0.25, -0.2) is 4.79 Å². The molecule has 1 atom stereocenters. The van der Waals surface area contributed by atoms with Crippen molar-refractivity contribution in [1.82, 2.24) is 0 Å². The molecular weight excluding hydrogens is 234 g/mol. The first-order valence-electron chi connectivity index (χ1n) is 5.91. The van der Waals surface area contributed by atoms with Crippen molar-refractivity contribution in [2.24, 2.45) is 0 Å². The van der Waals surface area contributed by atoms with Gasteiger partial charge in [-0.2, -0.15) is 11.8 Å². The predicted molar refractivity (Wildman–Crippen MR) is 72.2 cm³/mol. The summed E-state index contributed by atoms with van der Waals surface area (Å²) >= 11 is 1.99. The zero-order valence-corrected chi connectivity index (χ0v) is 10.7. The molecule has 1 aromatic carbocycles. The van der Waals surface area contributed by atoms with Gasteiger partial charge in [0.2, 0.25) is 0 Å². The van der Waals surface area contributed by atoms with E-state index in [1.807, 2.05) is 23.9 Å². The van der Waals surface area contributed by atoms with Crippen molar-refractivity contribution in [3.8, 4) is 0 Å². The highest BCUT2D eigenvalue weighted by molar-refractivity contribution is 8.00. The van der Waals surface area contributed by atoms with Gasteiger partial charge in [0.1, 0.15) is 0 Å². The molecule has 2 rings (SSSR count). The molecule has 92 valence electrons. The number of thioether (sulfide) groups is 1. The maximum atomic E-state index is 11.2. The van der Waals surface area contributed by atoms with Crippen LogP contribution in [0.1, 0.15) is 23.7 Å². The Kier molecular flexibility index (Phi) is 3.94. The van der Waals surface area contributed by atoms with Gasteiger partial charge >= 0.3 is 5.97 Å². The second-order valence-corrected chi connectivity index (χ2v) is 5.58. The Labute approximate surface area is 106 Å². The number of nitrogens with zero attached hydrogens (tertiary/aromatic N) is 1. The molecule has 0 saturated carbocycles. The van der Waals surface area contributed by atoms with Crippen LogP contribution in [0.3, 0.4) is 0 Å². The lowest BCUT2D eigenvalue weighted by atomic mass is 10.1. The summed E-state index contributed by atoms with van der Waals surface area (Å²) in [5.74, 6) is 0.235. The monoisotopic (exact) mass is 251 g/mol. The minimum atomic E-state index is -0.841. The molecular formula is C13H17NO2S. The fraction of sp³-hybridized carbons (Fsp3) is 0.462. The smallest absolute Gasteiger partial charge is 0.337 e. The molecule has 17 heavy (non-hydrogen) atoms. The molecule has 1 unspecified atom stereocenters. The summed E-state index contributed by atoms with van der Waals surface area (Å²) in [5, 5.41) is 9.80. The zero-order valence-electron chi connectivity index (χ0n) is 9.93. The van der Waals surface area contributed by atoms with Crippen LogP contribution in [0.5, 0.6) is 0 Å². The second kappa shape index (κ2) is 5.45. The van der Waals surface area contributed by atoms with Gasteiger partial charge in [0.25, 0.3) is 0 Å². The molecule has 4 heteroatoms. The first kappa shape index (κ1) is 12.3. The SMILES string of the molecule is CCC1CN(c2ccccc2C(=O)O)CCS1. The number of hydrogen-bond donors (Lipinski definition) is 1. The van der Waals surface area contributed by atoms with E-state index in [2.05, 4.69) is 11.8 Å². The molecule has 1 N–H and O–H groups in total. The Hall–Kier alpha value is -1.16. The van der Waals surface area contributed by atoms with Gasteiger partial charge in [-0.3, -0.25) is 0 Å². The number of aromatic carboxylic acids is 1. The highest BCUT2D eigenvalue weighted by Crippen LogP contribution is 2.28. The molecule has 1 saturated heterocycles. The third-order valence-electron chi connectivity index (χ3n) is 3.07. The molecule has 1 aliphatic heterocycles. The van der Waals surface area contributed by atoms with Crippen LogP contribution in [-0.2, 0) is 0 Å². The molecule has 1 aliphatic rings. The average Bonchev–Trinajstić information content (AvgIpc) is 2.39. The molecule has 0 spiro atoms. The maximum Gasteiger partial charge on any atom is 0.337 e. The number of rotatable bonds is 3. The van der Waals surface area contributed by atoms with E-state index in [-0.39, 0.29) is 0 Å². The highest BCUT2D eigenvalue weighted by Gasteiger charge is 2.22. The van der Waals surface area contributed by atoms with Crippen molar-refractivity contribution in [1.29, 1.82) is 0 Å². The summed E-state index contributed by atoms with van der Waals surface area (Å²) in [4.78, 5) is 13.4. The van der Waals surface area contributed by atoms with Crippen LogP contribution in [0.25, 0.3) is 0 Å². The summed E-state index contributed by atoms with van der Waals surface area (Å²) in [6.07, 6.45) is 1.14. The summed E-state index contributed by atoms with van der Waals surface area (Å²) in [6.45, 7) is 4.07. The van der Waals surface area contributed by atoms with E-state index in [0.29, 0.717) is 10.8 Å². The van der Waals surface area contributed by atoms with E-state index in [9.17, 15) is 9.90 Å².